The third-order valence-electron chi connectivity index (χ3n) is 5.01. The van der Waals surface area contributed by atoms with E-state index < -0.39 is 0 Å². The van der Waals surface area contributed by atoms with Crippen LogP contribution in [0.3, 0.4) is 0 Å². The normalized spacial score (nSPS) is 40.2. The van der Waals surface area contributed by atoms with Crippen LogP contribution in [0.15, 0.2) is 0 Å². The van der Waals surface area contributed by atoms with Crippen molar-refractivity contribution in [2.75, 3.05) is 13.1 Å². The van der Waals surface area contributed by atoms with Gasteiger partial charge in [-0.05, 0) is 61.7 Å². The second-order valence-electron chi connectivity index (χ2n) is 6.27. The molecule has 18 heavy (non-hydrogen) atoms. The molecule has 3 heteroatoms. The lowest BCUT2D eigenvalue weighted by Crippen LogP contribution is -2.44. The molecule has 0 aromatic rings. The van der Waals surface area contributed by atoms with Gasteiger partial charge in [0.15, 0.2) is 0 Å². The molecule has 0 unspecified atom stereocenters. The molecule has 4 bridgehead atoms. The highest BCUT2D eigenvalue weighted by atomic mass is 16.1. The average molecular weight is 246 g/mol. The summed E-state index contributed by atoms with van der Waals surface area (Å²) >= 11 is 0. The molecule has 0 aromatic carbocycles. The summed E-state index contributed by atoms with van der Waals surface area (Å²) in [6.45, 7) is 1.00. The topological polar surface area (TPSA) is 55.1 Å². The van der Waals surface area contributed by atoms with Crippen LogP contribution in [0.25, 0.3) is 0 Å². The molecule has 0 saturated heterocycles. The van der Waals surface area contributed by atoms with Crippen LogP contribution in [0.2, 0.25) is 0 Å². The van der Waals surface area contributed by atoms with Gasteiger partial charge in [0.05, 0.1) is 0 Å². The highest BCUT2D eigenvalue weighted by molar-refractivity contribution is 5.93. The van der Waals surface area contributed by atoms with Crippen molar-refractivity contribution in [1.82, 2.24) is 5.32 Å². The maximum atomic E-state index is 11.5. The Kier molecular flexibility index (Phi) is 3.30. The second-order valence-corrected chi connectivity index (χ2v) is 6.27. The first-order chi connectivity index (χ1) is 8.76. The van der Waals surface area contributed by atoms with Gasteiger partial charge in [0.25, 0.3) is 5.91 Å². The fourth-order valence-electron chi connectivity index (χ4n) is 4.54. The van der Waals surface area contributed by atoms with Crippen LogP contribution < -0.4 is 11.1 Å². The molecule has 0 radical (unpaired) electrons. The predicted molar refractivity (Wildman–Crippen MR) is 70.4 cm³/mol. The van der Waals surface area contributed by atoms with E-state index in [9.17, 15) is 4.79 Å². The Morgan fingerprint density at radius 3 is 2.28 bits per heavy atom. The van der Waals surface area contributed by atoms with E-state index in [0.717, 1.165) is 23.7 Å². The average Bonchev–Trinajstić information content (AvgIpc) is 2.34. The molecule has 0 aliphatic heterocycles. The number of hydrogen-bond donors (Lipinski definition) is 2. The smallest absolute Gasteiger partial charge is 0.295 e. The van der Waals surface area contributed by atoms with Gasteiger partial charge >= 0.3 is 0 Å². The van der Waals surface area contributed by atoms with E-state index in [4.69, 9.17) is 5.73 Å². The number of rotatable bonds is 2. The van der Waals surface area contributed by atoms with Gasteiger partial charge in [-0.3, -0.25) is 4.79 Å². The Hall–Kier alpha value is -1.01. The van der Waals surface area contributed by atoms with Crippen LogP contribution in [0.1, 0.15) is 32.1 Å². The summed E-state index contributed by atoms with van der Waals surface area (Å²) in [7, 11) is 0. The van der Waals surface area contributed by atoms with Crippen molar-refractivity contribution in [3.05, 3.63) is 0 Å². The third-order valence-corrected chi connectivity index (χ3v) is 5.01. The minimum absolute atomic E-state index is 0.158. The first-order valence-corrected chi connectivity index (χ1v) is 7.25. The minimum Gasteiger partial charge on any atom is -0.344 e. The van der Waals surface area contributed by atoms with E-state index in [1.54, 1.807) is 0 Å². The molecule has 3 nitrogen and oxygen atoms in total. The quantitative estimate of drug-likeness (QED) is 0.718. The van der Waals surface area contributed by atoms with Gasteiger partial charge in [0.1, 0.15) is 0 Å². The lowest BCUT2D eigenvalue weighted by atomic mass is 9.52. The highest BCUT2D eigenvalue weighted by Gasteiger charge is 2.47. The zero-order valence-electron chi connectivity index (χ0n) is 10.8. The van der Waals surface area contributed by atoms with Crippen molar-refractivity contribution in [3.63, 3.8) is 0 Å². The Morgan fingerprint density at radius 2 is 1.72 bits per heavy atom. The fraction of sp³-hybridized carbons (Fsp3) is 0.800. The summed E-state index contributed by atoms with van der Waals surface area (Å²) < 4.78 is 0. The Labute approximate surface area is 109 Å². The molecule has 4 fully saturated rings. The van der Waals surface area contributed by atoms with Crippen LogP contribution in [0.4, 0.5) is 0 Å². The second kappa shape index (κ2) is 4.93. The van der Waals surface area contributed by atoms with E-state index in [1.807, 2.05) is 0 Å². The van der Waals surface area contributed by atoms with Crippen LogP contribution in [-0.4, -0.2) is 19.0 Å². The zero-order chi connectivity index (χ0) is 12.5. The van der Waals surface area contributed by atoms with Gasteiger partial charge in [0, 0.05) is 19.0 Å². The standard InChI is InChI=1S/C15H22N2O/c16-3-4-17-15(18)2-1-14-12-6-10-5-11(8-12)9-13(14)7-10/h10-14H,3-9,16H2,(H,17,18). The van der Waals surface area contributed by atoms with Gasteiger partial charge in [-0.1, -0.05) is 5.92 Å². The zero-order valence-corrected chi connectivity index (χ0v) is 10.8. The fourth-order valence-corrected chi connectivity index (χ4v) is 4.54. The van der Waals surface area contributed by atoms with Crippen LogP contribution in [0.5, 0.6) is 0 Å². The lowest BCUT2D eigenvalue weighted by Gasteiger charge is -2.52. The molecule has 0 spiro atoms. The summed E-state index contributed by atoms with van der Waals surface area (Å²) in [5, 5.41) is 2.72. The summed E-state index contributed by atoms with van der Waals surface area (Å²) in [5.74, 6) is 9.88. The van der Waals surface area contributed by atoms with E-state index in [-0.39, 0.29) is 5.91 Å². The van der Waals surface area contributed by atoms with Crippen LogP contribution >= 0.6 is 0 Å². The van der Waals surface area contributed by atoms with E-state index in [0.29, 0.717) is 19.0 Å². The number of nitrogens with one attached hydrogen (secondary N) is 1. The van der Waals surface area contributed by atoms with Crippen LogP contribution in [0, 0.1) is 41.4 Å². The van der Waals surface area contributed by atoms with Gasteiger partial charge < -0.3 is 11.1 Å². The molecule has 0 aromatic heterocycles. The molecule has 4 rings (SSSR count). The number of hydrogen-bond acceptors (Lipinski definition) is 2. The number of carbonyl (C=O) groups is 1. The highest BCUT2D eigenvalue weighted by Crippen LogP contribution is 2.56. The van der Waals surface area contributed by atoms with Crippen molar-refractivity contribution in [2.45, 2.75) is 32.1 Å². The summed E-state index contributed by atoms with van der Waals surface area (Å²) in [6, 6.07) is 0. The van der Waals surface area contributed by atoms with Gasteiger partial charge in [0.2, 0.25) is 0 Å². The predicted octanol–water partition coefficient (Wildman–Crippen LogP) is 1.14. The molecule has 1 amide bonds. The molecule has 0 atom stereocenters. The molecule has 3 N–H and O–H groups in total. The maximum Gasteiger partial charge on any atom is 0.295 e. The molecule has 4 aliphatic rings. The Morgan fingerprint density at radius 1 is 1.11 bits per heavy atom. The van der Waals surface area contributed by atoms with Crippen molar-refractivity contribution in [2.24, 2.45) is 35.3 Å². The molecule has 98 valence electrons. The SMILES string of the molecule is NCCNC(=O)C#CC1C2CC3CC(C2)CC1C3. The number of carbonyl (C=O) groups excluding carboxylic acids is 1. The van der Waals surface area contributed by atoms with Gasteiger partial charge in [-0.15, -0.1) is 0 Å². The third kappa shape index (κ3) is 2.27. The van der Waals surface area contributed by atoms with Crippen molar-refractivity contribution in [1.29, 1.82) is 0 Å². The largest absolute Gasteiger partial charge is 0.344 e. The molecule has 0 heterocycles. The monoisotopic (exact) mass is 246 g/mol. The summed E-state index contributed by atoms with van der Waals surface area (Å²) in [4.78, 5) is 11.5. The lowest BCUT2D eigenvalue weighted by molar-refractivity contribution is -0.115. The molecule has 4 aliphatic carbocycles. The molecule has 4 saturated carbocycles. The number of nitrogens with two attached hydrogens (primary N) is 1. The molecular formula is C15H22N2O. The van der Waals surface area contributed by atoms with Crippen molar-refractivity contribution in [3.8, 4) is 11.8 Å². The first-order valence-electron chi connectivity index (χ1n) is 7.25. The van der Waals surface area contributed by atoms with Gasteiger partial charge in [-0.2, -0.15) is 0 Å². The van der Waals surface area contributed by atoms with Gasteiger partial charge in [-0.25, -0.2) is 0 Å². The summed E-state index contributed by atoms with van der Waals surface area (Å²) in [6.07, 6.45) is 6.89. The van der Waals surface area contributed by atoms with Crippen LogP contribution in [-0.2, 0) is 4.79 Å². The van der Waals surface area contributed by atoms with E-state index in [2.05, 4.69) is 17.2 Å². The Bertz CT molecular complexity index is 365. The van der Waals surface area contributed by atoms with E-state index in [1.165, 1.54) is 32.1 Å². The molecular weight excluding hydrogens is 224 g/mol. The summed E-state index contributed by atoms with van der Waals surface area (Å²) in [5.41, 5.74) is 5.35. The number of amides is 1. The Balaban J connectivity index is 1.63. The van der Waals surface area contributed by atoms with E-state index >= 15 is 0 Å². The first kappa shape index (κ1) is 12.0. The maximum absolute atomic E-state index is 11.5. The van der Waals surface area contributed by atoms with Crippen molar-refractivity contribution >= 4 is 5.91 Å². The minimum atomic E-state index is -0.158. The van der Waals surface area contributed by atoms with Crippen molar-refractivity contribution < 1.29 is 4.79 Å².